The normalized spacial score (nSPS) is 11.7. The standard InChI is InChI=1S/C21H19ClF2N4O2S/c1-3-10-28-20(13(2)30-18-9-6-15(24)11-17(18)22)26-27-21(28)31-12-19(29)25-16-7-4-14(23)5-8-16/h3-9,11,13H,1,10,12H2,2H3,(H,25,29). The molecule has 0 aliphatic heterocycles. The zero-order valence-electron chi connectivity index (χ0n) is 16.5. The molecular formula is C21H19ClF2N4O2S. The summed E-state index contributed by atoms with van der Waals surface area (Å²) in [5, 5.41) is 11.7. The average molecular weight is 465 g/mol. The van der Waals surface area contributed by atoms with Crippen LogP contribution in [0.25, 0.3) is 0 Å². The van der Waals surface area contributed by atoms with E-state index in [1.807, 2.05) is 0 Å². The number of carbonyl (C=O) groups excluding carboxylic acids is 1. The molecule has 1 atom stereocenters. The highest BCUT2D eigenvalue weighted by Gasteiger charge is 2.20. The van der Waals surface area contributed by atoms with Crippen molar-refractivity contribution >= 4 is 35.0 Å². The van der Waals surface area contributed by atoms with Crippen LogP contribution in [0.4, 0.5) is 14.5 Å². The molecule has 6 nitrogen and oxygen atoms in total. The van der Waals surface area contributed by atoms with Crippen LogP contribution in [0.1, 0.15) is 18.9 Å². The minimum absolute atomic E-state index is 0.0751. The van der Waals surface area contributed by atoms with E-state index >= 15 is 0 Å². The first-order valence-electron chi connectivity index (χ1n) is 9.21. The number of benzene rings is 2. The Morgan fingerprint density at radius 1 is 1.26 bits per heavy atom. The van der Waals surface area contributed by atoms with Crippen molar-refractivity contribution in [3.63, 3.8) is 0 Å². The summed E-state index contributed by atoms with van der Waals surface area (Å²) in [5.74, 6) is -0.216. The number of allylic oxidation sites excluding steroid dienone is 1. The molecule has 1 heterocycles. The second kappa shape index (κ2) is 10.4. The van der Waals surface area contributed by atoms with Crippen molar-refractivity contribution in [3.05, 3.63) is 77.6 Å². The molecule has 0 saturated carbocycles. The van der Waals surface area contributed by atoms with Crippen molar-refractivity contribution in [2.45, 2.75) is 24.7 Å². The molecule has 10 heteroatoms. The number of amides is 1. The number of carbonyl (C=O) groups is 1. The van der Waals surface area contributed by atoms with E-state index in [1.54, 1.807) is 17.6 Å². The van der Waals surface area contributed by atoms with Gasteiger partial charge in [-0.3, -0.25) is 9.36 Å². The lowest BCUT2D eigenvalue weighted by Gasteiger charge is -2.16. The fraction of sp³-hybridized carbons (Fsp3) is 0.190. The highest BCUT2D eigenvalue weighted by Crippen LogP contribution is 2.30. The SMILES string of the molecule is C=CCn1c(SCC(=O)Nc2ccc(F)cc2)nnc1C(C)Oc1ccc(F)cc1Cl. The van der Waals surface area contributed by atoms with Crippen LogP contribution in [-0.2, 0) is 11.3 Å². The van der Waals surface area contributed by atoms with Crippen LogP contribution in [0.15, 0.2) is 60.3 Å². The summed E-state index contributed by atoms with van der Waals surface area (Å²) in [5.41, 5.74) is 0.499. The fourth-order valence-corrected chi connectivity index (χ4v) is 3.65. The van der Waals surface area contributed by atoms with Crippen LogP contribution in [0, 0.1) is 11.6 Å². The third-order valence-electron chi connectivity index (χ3n) is 4.08. The van der Waals surface area contributed by atoms with E-state index in [9.17, 15) is 13.6 Å². The van der Waals surface area contributed by atoms with Gasteiger partial charge in [0.1, 0.15) is 17.4 Å². The van der Waals surface area contributed by atoms with E-state index in [4.69, 9.17) is 16.3 Å². The molecule has 0 aliphatic rings. The molecule has 3 aromatic rings. The van der Waals surface area contributed by atoms with E-state index in [0.29, 0.717) is 29.0 Å². The second-order valence-electron chi connectivity index (χ2n) is 6.42. The molecule has 1 amide bonds. The lowest BCUT2D eigenvalue weighted by molar-refractivity contribution is -0.113. The third-order valence-corrected chi connectivity index (χ3v) is 5.34. The Balaban J connectivity index is 1.68. The first-order chi connectivity index (χ1) is 14.9. The Hall–Kier alpha value is -2.91. The first kappa shape index (κ1) is 22.8. The largest absolute Gasteiger partial charge is 0.481 e. The maximum Gasteiger partial charge on any atom is 0.234 e. The van der Waals surface area contributed by atoms with Gasteiger partial charge in [0.2, 0.25) is 5.91 Å². The Bertz CT molecular complexity index is 1080. The van der Waals surface area contributed by atoms with E-state index < -0.39 is 11.9 Å². The smallest absolute Gasteiger partial charge is 0.234 e. The van der Waals surface area contributed by atoms with Gasteiger partial charge in [-0.2, -0.15) is 0 Å². The van der Waals surface area contributed by atoms with Crippen molar-refractivity contribution in [2.75, 3.05) is 11.1 Å². The summed E-state index contributed by atoms with van der Waals surface area (Å²) < 4.78 is 33.8. The van der Waals surface area contributed by atoms with E-state index in [0.717, 1.165) is 0 Å². The molecule has 0 saturated heterocycles. The number of anilines is 1. The van der Waals surface area contributed by atoms with Gasteiger partial charge in [-0.05, 0) is 49.4 Å². The Labute approximate surface area is 187 Å². The zero-order chi connectivity index (χ0) is 22.4. The molecular weight excluding hydrogens is 446 g/mol. The van der Waals surface area contributed by atoms with Gasteiger partial charge in [-0.15, -0.1) is 16.8 Å². The van der Waals surface area contributed by atoms with Crippen molar-refractivity contribution in [1.29, 1.82) is 0 Å². The summed E-state index contributed by atoms with van der Waals surface area (Å²) in [6.45, 7) is 5.90. The number of nitrogens with one attached hydrogen (secondary N) is 1. The number of hydrogen-bond acceptors (Lipinski definition) is 5. The van der Waals surface area contributed by atoms with Crippen LogP contribution < -0.4 is 10.1 Å². The van der Waals surface area contributed by atoms with E-state index in [-0.39, 0.29) is 22.5 Å². The molecule has 162 valence electrons. The summed E-state index contributed by atoms with van der Waals surface area (Å²) in [6, 6.07) is 9.36. The van der Waals surface area contributed by atoms with Gasteiger partial charge >= 0.3 is 0 Å². The van der Waals surface area contributed by atoms with Gasteiger partial charge in [0.25, 0.3) is 0 Å². The molecule has 0 bridgehead atoms. The summed E-state index contributed by atoms with van der Waals surface area (Å²) >= 11 is 7.22. The number of thioether (sulfide) groups is 1. The van der Waals surface area contributed by atoms with Crippen LogP contribution >= 0.6 is 23.4 Å². The third kappa shape index (κ3) is 6.05. The Kier molecular flexibility index (Phi) is 7.64. The van der Waals surface area contributed by atoms with Gasteiger partial charge in [0.15, 0.2) is 17.1 Å². The molecule has 0 aliphatic carbocycles. The van der Waals surface area contributed by atoms with Crippen molar-refractivity contribution < 1.29 is 18.3 Å². The molecule has 1 N–H and O–H groups in total. The lowest BCUT2D eigenvalue weighted by Crippen LogP contribution is -2.15. The molecule has 31 heavy (non-hydrogen) atoms. The Morgan fingerprint density at radius 3 is 2.65 bits per heavy atom. The molecule has 3 rings (SSSR count). The topological polar surface area (TPSA) is 69.0 Å². The minimum Gasteiger partial charge on any atom is -0.481 e. The van der Waals surface area contributed by atoms with Gasteiger partial charge in [-0.25, -0.2) is 8.78 Å². The summed E-state index contributed by atoms with van der Waals surface area (Å²) in [7, 11) is 0. The molecule has 0 radical (unpaired) electrons. The second-order valence-corrected chi connectivity index (χ2v) is 7.77. The molecule has 1 aromatic heterocycles. The van der Waals surface area contributed by atoms with Gasteiger partial charge < -0.3 is 10.1 Å². The molecule has 2 aromatic carbocycles. The number of halogens is 3. The maximum atomic E-state index is 13.3. The lowest BCUT2D eigenvalue weighted by atomic mass is 10.3. The van der Waals surface area contributed by atoms with Crippen LogP contribution in [0.3, 0.4) is 0 Å². The van der Waals surface area contributed by atoms with Crippen LogP contribution in [0.5, 0.6) is 5.75 Å². The highest BCUT2D eigenvalue weighted by atomic mass is 35.5. The number of hydrogen-bond donors (Lipinski definition) is 1. The van der Waals surface area contributed by atoms with Gasteiger partial charge in [0, 0.05) is 12.2 Å². The van der Waals surface area contributed by atoms with Crippen molar-refractivity contribution in [1.82, 2.24) is 14.8 Å². The number of ether oxygens (including phenoxy) is 1. The molecule has 1 unspecified atom stereocenters. The quantitative estimate of drug-likeness (QED) is 0.345. The van der Waals surface area contributed by atoms with E-state index in [1.165, 1.54) is 54.2 Å². The molecule has 0 fully saturated rings. The monoisotopic (exact) mass is 464 g/mol. The number of aromatic nitrogens is 3. The zero-order valence-corrected chi connectivity index (χ0v) is 18.1. The first-order valence-corrected chi connectivity index (χ1v) is 10.6. The highest BCUT2D eigenvalue weighted by molar-refractivity contribution is 7.99. The predicted octanol–water partition coefficient (Wildman–Crippen LogP) is 5.27. The van der Waals surface area contributed by atoms with Gasteiger partial charge in [-0.1, -0.05) is 29.4 Å². The Morgan fingerprint density at radius 2 is 1.97 bits per heavy atom. The minimum atomic E-state index is -0.544. The predicted molar refractivity (Wildman–Crippen MR) is 116 cm³/mol. The fourth-order valence-electron chi connectivity index (χ4n) is 2.68. The van der Waals surface area contributed by atoms with Crippen LogP contribution in [0.2, 0.25) is 5.02 Å². The van der Waals surface area contributed by atoms with Crippen molar-refractivity contribution in [2.24, 2.45) is 0 Å². The summed E-state index contributed by atoms with van der Waals surface area (Å²) in [6.07, 6.45) is 1.13. The average Bonchev–Trinajstić information content (AvgIpc) is 3.13. The number of rotatable bonds is 9. The number of nitrogens with zero attached hydrogens (tertiary/aromatic N) is 3. The van der Waals surface area contributed by atoms with Crippen LogP contribution in [-0.4, -0.2) is 26.4 Å². The van der Waals surface area contributed by atoms with E-state index in [2.05, 4.69) is 22.1 Å². The summed E-state index contributed by atoms with van der Waals surface area (Å²) in [4.78, 5) is 12.2. The van der Waals surface area contributed by atoms with Crippen molar-refractivity contribution in [3.8, 4) is 5.75 Å². The molecule has 0 spiro atoms. The van der Waals surface area contributed by atoms with Gasteiger partial charge in [0.05, 0.1) is 10.8 Å². The maximum absolute atomic E-state index is 13.3.